The fourth-order valence-corrected chi connectivity index (χ4v) is 4.87. The summed E-state index contributed by atoms with van der Waals surface area (Å²) >= 11 is 7.43. The molecule has 0 bridgehead atoms. The van der Waals surface area contributed by atoms with Crippen LogP contribution in [-0.4, -0.2) is 39.6 Å². The van der Waals surface area contributed by atoms with Crippen molar-refractivity contribution in [1.82, 2.24) is 14.7 Å². The minimum atomic E-state index is -0.271. The minimum Gasteiger partial charge on any atom is -0.369 e. The third-order valence-corrected chi connectivity index (χ3v) is 6.64. The molecule has 2 amide bonds. The van der Waals surface area contributed by atoms with Gasteiger partial charge in [0.25, 0.3) is 5.91 Å². The zero-order valence-corrected chi connectivity index (χ0v) is 17.1. The van der Waals surface area contributed by atoms with E-state index in [0.717, 1.165) is 21.5 Å². The third kappa shape index (κ3) is 3.64. The molecule has 0 atom stereocenters. The lowest BCUT2D eigenvalue weighted by molar-refractivity contribution is -0.123. The van der Waals surface area contributed by atoms with Crippen molar-refractivity contribution in [2.45, 2.75) is 26.3 Å². The molecule has 146 valence electrons. The predicted molar refractivity (Wildman–Crippen MR) is 111 cm³/mol. The summed E-state index contributed by atoms with van der Waals surface area (Å²) in [4.78, 5) is 27.8. The molecule has 1 aromatic carbocycles. The number of halogens is 1. The fourth-order valence-electron chi connectivity index (χ4n) is 3.61. The van der Waals surface area contributed by atoms with Crippen molar-refractivity contribution in [3.8, 4) is 0 Å². The summed E-state index contributed by atoms with van der Waals surface area (Å²) in [6, 6.07) is 9.62. The predicted octanol–water partition coefficient (Wildman–Crippen LogP) is 3.45. The number of piperidine rings is 1. The summed E-state index contributed by atoms with van der Waals surface area (Å²) in [5.41, 5.74) is 7.39. The number of carbonyl (C=O) groups is 2. The Bertz CT molecular complexity index is 1030. The van der Waals surface area contributed by atoms with Crippen molar-refractivity contribution in [2.24, 2.45) is 11.7 Å². The van der Waals surface area contributed by atoms with Gasteiger partial charge in [-0.05, 0) is 43.5 Å². The number of benzene rings is 1. The summed E-state index contributed by atoms with van der Waals surface area (Å²) in [5, 5.41) is 6.34. The molecule has 0 radical (unpaired) electrons. The van der Waals surface area contributed by atoms with Crippen molar-refractivity contribution in [2.75, 3.05) is 13.1 Å². The molecule has 1 aliphatic heterocycles. The van der Waals surface area contributed by atoms with E-state index in [0.29, 0.717) is 42.4 Å². The largest absolute Gasteiger partial charge is 0.369 e. The van der Waals surface area contributed by atoms with E-state index >= 15 is 0 Å². The number of primary amides is 1. The van der Waals surface area contributed by atoms with Crippen LogP contribution in [0.1, 0.15) is 33.8 Å². The highest BCUT2D eigenvalue weighted by Crippen LogP contribution is 2.30. The highest BCUT2D eigenvalue weighted by Gasteiger charge is 2.28. The summed E-state index contributed by atoms with van der Waals surface area (Å²) in [5.74, 6) is -0.380. The quantitative estimate of drug-likeness (QED) is 0.707. The second kappa shape index (κ2) is 7.56. The smallest absolute Gasteiger partial charge is 0.264 e. The molecule has 0 unspecified atom stereocenters. The van der Waals surface area contributed by atoms with Crippen molar-refractivity contribution in [3.63, 3.8) is 0 Å². The van der Waals surface area contributed by atoms with E-state index in [4.69, 9.17) is 17.3 Å². The van der Waals surface area contributed by atoms with Gasteiger partial charge in [-0.3, -0.25) is 14.3 Å². The molecule has 0 aliphatic carbocycles. The third-order valence-electron chi connectivity index (χ3n) is 5.25. The number of amides is 2. The SMILES string of the molecule is Cc1nn(Cc2ccc(Cl)cc2)c2sc(C(=O)N3CCC(C(N)=O)CC3)cc12. The lowest BCUT2D eigenvalue weighted by Crippen LogP contribution is -2.41. The Labute approximate surface area is 171 Å². The molecule has 28 heavy (non-hydrogen) atoms. The lowest BCUT2D eigenvalue weighted by atomic mass is 9.96. The first-order valence-electron chi connectivity index (χ1n) is 9.22. The molecule has 1 aliphatic rings. The Kier molecular flexibility index (Phi) is 5.12. The van der Waals surface area contributed by atoms with Crippen LogP contribution in [0, 0.1) is 12.8 Å². The van der Waals surface area contributed by atoms with Gasteiger partial charge in [0, 0.05) is 29.4 Å². The Morgan fingerprint density at radius 2 is 1.93 bits per heavy atom. The molecule has 3 aromatic rings. The van der Waals surface area contributed by atoms with Crippen molar-refractivity contribution in [3.05, 3.63) is 51.5 Å². The number of carbonyl (C=O) groups excluding carboxylic acids is 2. The summed E-state index contributed by atoms with van der Waals surface area (Å²) in [6.07, 6.45) is 1.27. The van der Waals surface area contributed by atoms with E-state index in [2.05, 4.69) is 5.10 Å². The van der Waals surface area contributed by atoms with Gasteiger partial charge < -0.3 is 10.6 Å². The highest BCUT2D eigenvalue weighted by molar-refractivity contribution is 7.20. The average molecular weight is 417 g/mol. The van der Waals surface area contributed by atoms with Gasteiger partial charge in [-0.2, -0.15) is 5.10 Å². The average Bonchev–Trinajstić information content (AvgIpc) is 3.24. The van der Waals surface area contributed by atoms with Gasteiger partial charge in [0.05, 0.1) is 17.1 Å². The van der Waals surface area contributed by atoms with Crippen LogP contribution in [0.2, 0.25) is 5.02 Å². The number of nitrogens with two attached hydrogens (primary N) is 1. The molecule has 2 aromatic heterocycles. The van der Waals surface area contributed by atoms with Crippen LogP contribution in [0.5, 0.6) is 0 Å². The number of hydrogen-bond donors (Lipinski definition) is 1. The topological polar surface area (TPSA) is 81.2 Å². The van der Waals surface area contributed by atoms with E-state index in [1.807, 2.05) is 46.8 Å². The van der Waals surface area contributed by atoms with Gasteiger partial charge in [-0.1, -0.05) is 23.7 Å². The lowest BCUT2D eigenvalue weighted by Gasteiger charge is -2.30. The van der Waals surface area contributed by atoms with E-state index < -0.39 is 0 Å². The second-order valence-corrected chi connectivity index (χ2v) is 8.63. The first-order chi connectivity index (χ1) is 13.4. The maximum Gasteiger partial charge on any atom is 0.264 e. The maximum absolute atomic E-state index is 12.9. The first-order valence-corrected chi connectivity index (χ1v) is 10.4. The molecular weight excluding hydrogens is 396 g/mol. The molecule has 3 heterocycles. The zero-order chi connectivity index (χ0) is 19.8. The number of hydrogen-bond acceptors (Lipinski definition) is 4. The van der Waals surface area contributed by atoms with E-state index in [1.54, 1.807) is 0 Å². The molecule has 0 spiro atoms. The molecule has 4 rings (SSSR count). The van der Waals surface area contributed by atoms with Crippen LogP contribution >= 0.6 is 22.9 Å². The Balaban J connectivity index is 1.55. The normalized spacial score (nSPS) is 15.3. The first kappa shape index (κ1) is 19.0. The van der Waals surface area contributed by atoms with E-state index in [-0.39, 0.29) is 17.7 Å². The number of fused-ring (bicyclic) bond motifs is 1. The van der Waals surface area contributed by atoms with Crippen molar-refractivity contribution >= 4 is 45.0 Å². The molecule has 2 N–H and O–H groups in total. The van der Waals surface area contributed by atoms with Crippen molar-refractivity contribution in [1.29, 1.82) is 0 Å². The second-order valence-electron chi connectivity index (χ2n) is 7.17. The number of nitrogens with zero attached hydrogens (tertiary/aromatic N) is 3. The van der Waals surface area contributed by atoms with Crippen LogP contribution in [-0.2, 0) is 11.3 Å². The van der Waals surface area contributed by atoms with Gasteiger partial charge in [-0.25, -0.2) is 0 Å². The van der Waals surface area contributed by atoms with Crippen molar-refractivity contribution < 1.29 is 9.59 Å². The number of rotatable bonds is 4. The maximum atomic E-state index is 12.9. The molecule has 1 fully saturated rings. The van der Waals surface area contributed by atoms with Crippen LogP contribution < -0.4 is 5.73 Å². The fraction of sp³-hybridized carbons (Fsp3) is 0.350. The van der Waals surface area contributed by atoms with Gasteiger partial charge in [0.15, 0.2) is 0 Å². The number of likely N-dealkylation sites (tertiary alicyclic amines) is 1. The van der Waals surface area contributed by atoms with Gasteiger partial charge in [0.2, 0.25) is 5.91 Å². The van der Waals surface area contributed by atoms with Crippen LogP contribution in [0.4, 0.5) is 0 Å². The molecule has 6 nitrogen and oxygen atoms in total. The Morgan fingerprint density at radius 1 is 1.25 bits per heavy atom. The minimum absolute atomic E-state index is 0.0153. The van der Waals surface area contributed by atoms with Gasteiger partial charge in [0.1, 0.15) is 4.83 Å². The van der Waals surface area contributed by atoms with Gasteiger partial charge in [-0.15, -0.1) is 11.3 Å². The number of aromatic nitrogens is 2. The zero-order valence-electron chi connectivity index (χ0n) is 15.5. The van der Waals surface area contributed by atoms with Crippen LogP contribution in [0.3, 0.4) is 0 Å². The van der Waals surface area contributed by atoms with Crippen LogP contribution in [0.15, 0.2) is 30.3 Å². The highest BCUT2D eigenvalue weighted by atomic mass is 35.5. The number of aryl methyl sites for hydroxylation is 1. The molecule has 0 saturated carbocycles. The van der Waals surface area contributed by atoms with Gasteiger partial charge >= 0.3 is 0 Å². The molecule has 8 heteroatoms. The summed E-state index contributed by atoms with van der Waals surface area (Å²) in [7, 11) is 0. The van der Waals surface area contributed by atoms with E-state index in [1.165, 1.54) is 11.3 Å². The Morgan fingerprint density at radius 3 is 2.57 bits per heavy atom. The summed E-state index contributed by atoms with van der Waals surface area (Å²) in [6.45, 7) is 3.72. The summed E-state index contributed by atoms with van der Waals surface area (Å²) < 4.78 is 1.94. The molecular formula is C20H21ClN4O2S. The van der Waals surface area contributed by atoms with Crippen LogP contribution in [0.25, 0.3) is 10.2 Å². The number of thiophene rings is 1. The standard InChI is InChI=1S/C20H21ClN4O2S/c1-12-16-10-17(19(27)24-8-6-14(7-9-24)18(22)26)28-20(16)25(23-12)11-13-2-4-15(21)5-3-13/h2-5,10,14H,6-9,11H2,1H3,(H2,22,26). The molecule has 1 saturated heterocycles. The monoisotopic (exact) mass is 416 g/mol. The van der Waals surface area contributed by atoms with E-state index in [9.17, 15) is 9.59 Å². The Hall–Kier alpha value is -2.38.